The Bertz CT molecular complexity index is 577. The lowest BCUT2D eigenvalue weighted by atomic mass is 10.1. The number of aryl methyl sites for hydroxylation is 1. The van der Waals surface area contributed by atoms with Gasteiger partial charge in [0.15, 0.2) is 0 Å². The predicted octanol–water partition coefficient (Wildman–Crippen LogP) is 2.22. The first-order valence-corrected chi connectivity index (χ1v) is 6.98. The fraction of sp³-hybridized carbons (Fsp3) is 0.235. The molecule has 0 saturated heterocycles. The van der Waals surface area contributed by atoms with Crippen LogP contribution >= 0.6 is 0 Å². The van der Waals surface area contributed by atoms with Crippen LogP contribution in [0.15, 0.2) is 48.5 Å². The third-order valence-corrected chi connectivity index (χ3v) is 3.17. The quantitative estimate of drug-likeness (QED) is 0.713. The van der Waals surface area contributed by atoms with E-state index in [4.69, 9.17) is 0 Å². The van der Waals surface area contributed by atoms with Crippen molar-refractivity contribution in [3.05, 3.63) is 65.2 Å². The molecule has 2 rings (SSSR count). The predicted molar refractivity (Wildman–Crippen MR) is 83.3 cm³/mol. The zero-order valence-corrected chi connectivity index (χ0v) is 12.1. The molecule has 0 heterocycles. The Labute approximate surface area is 124 Å². The number of carbonyl (C=O) groups excluding carboxylic acids is 1. The number of hydrogen-bond donors (Lipinski definition) is 3. The molecule has 110 valence electrons. The number of aromatic hydroxyl groups is 1. The zero-order chi connectivity index (χ0) is 15.1. The van der Waals surface area contributed by atoms with Crippen molar-refractivity contribution in [1.82, 2.24) is 10.6 Å². The molecule has 0 aliphatic rings. The SMILES string of the molecule is Cc1ccc(C(=O)NCCNCc2ccc(O)cc2)cc1. The highest BCUT2D eigenvalue weighted by Crippen LogP contribution is 2.08. The third-order valence-electron chi connectivity index (χ3n) is 3.17. The molecular weight excluding hydrogens is 264 g/mol. The average Bonchev–Trinajstić information content (AvgIpc) is 2.49. The molecule has 0 bridgehead atoms. The molecule has 1 amide bonds. The first-order valence-electron chi connectivity index (χ1n) is 6.98. The summed E-state index contributed by atoms with van der Waals surface area (Å²) in [5.41, 5.74) is 2.92. The van der Waals surface area contributed by atoms with Crippen LogP contribution in [0.1, 0.15) is 21.5 Å². The van der Waals surface area contributed by atoms with E-state index < -0.39 is 0 Å². The van der Waals surface area contributed by atoms with E-state index >= 15 is 0 Å². The summed E-state index contributed by atoms with van der Waals surface area (Å²) >= 11 is 0. The largest absolute Gasteiger partial charge is 0.508 e. The van der Waals surface area contributed by atoms with Crippen LogP contribution in [0.2, 0.25) is 0 Å². The van der Waals surface area contributed by atoms with E-state index in [0.717, 1.165) is 11.1 Å². The zero-order valence-electron chi connectivity index (χ0n) is 12.1. The van der Waals surface area contributed by atoms with Crippen molar-refractivity contribution in [3.63, 3.8) is 0 Å². The number of benzene rings is 2. The Hall–Kier alpha value is -2.33. The Morgan fingerprint density at radius 1 is 1.00 bits per heavy atom. The summed E-state index contributed by atoms with van der Waals surface area (Å²) in [4.78, 5) is 11.9. The molecule has 3 N–H and O–H groups in total. The molecule has 0 saturated carbocycles. The van der Waals surface area contributed by atoms with Gasteiger partial charge in [0.1, 0.15) is 5.75 Å². The van der Waals surface area contributed by atoms with Crippen LogP contribution in [0.25, 0.3) is 0 Å². The maximum Gasteiger partial charge on any atom is 0.251 e. The van der Waals surface area contributed by atoms with Crippen molar-refractivity contribution in [2.24, 2.45) is 0 Å². The van der Waals surface area contributed by atoms with E-state index in [2.05, 4.69) is 10.6 Å². The monoisotopic (exact) mass is 284 g/mol. The molecule has 0 aromatic heterocycles. The van der Waals surface area contributed by atoms with Crippen molar-refractivity contribution in [3.8, 4) is 5.75 Å². The van der Waals surface area contributed by atoms with Crippen LogP contribution in [0.5, 0.6) is 5.75 Å². The van der Waals surface area contributed by atoms with Gasteiger partial charge >= 0.3 is 0 Å². The van der Waals surface area contributed by atoms with Crippen LogP contribution < -0.4 is 10.6 Å². The second-order valence-electron chi connectivity index (χ2n) is 4.97. The first-order chi connectivity index (χ1) is 10.1. The van der Waals surface area contributed by atoms with Crippen molar-refractivity contribution in [2.45, 2.75) is 13.5 Å². The molecular formula is C17H20N2O2. The lowest BCUT2D eigenvalue weighted by molar-refractivity contribution is 0.0954. The highest BCUT2D eigenvalue weighted by molar-refractivity contribution is 5.94. The van der Waals surface area contributed by atoms with Crippen LogP contribution in [0.3, 0.4) is 0 Å². The van der Waals surface area contributed by atoms with Gasteiger partial charge in [0.2, 0.25) is 0 Å². The van der Waals surface area contributed by atoms with Crippen molar-refractivity contribution in [1.29, 1.82) is 0 Å². The molecule has 21 heavy (non-hydrogen) atoms. The normalized spacial score (nSPS) is 10.3. The molecule has 2 aromatic carbocycles. The van der Waals surface area contributed by atoms with Gasteiger partial charge in [-0.05, 0) is 36.8 Å². The Morgan fingerprint density at radius 3 is 2.33 bits per heavy atom. The molecule has 0 radical (unpaired) electrons. The minimum absolute atomic E-state index is 0.0542. The second kappa shape index (κ2) is 7.45. The highest BCUT2D eigenvalue weighted by Gasteiger charge is 2.03. The topological polar surface area (TPSA) is 61.4 Å². The van der Waals surface area contributed by atoms with E-state index in [0.29, 0.717) is 25.2 Å². The summed E-state index contributed by atoms with van der Waals surface area (Å²) in [6.07, 6.45) is 0. The van der Waals surface area contributed by atoms with E-state index in [1.54, 1.807) is 12.1 Å². The van der Waals surface area contributed by atoms with Gasteiger partial charge in [-0.3, -0.25) is 4.79 Å². The lowest BCUT2D eigenvalue weighted by Gasteiger charge is -2.07. The summed E-state index contributed by atoms with van der Waals surface area (Å²) in [7, 11) is 0. The van der Waals surface area contributed by atoms with E-state index in [1.807, 2.05) is 43.3 Å². The van der Waals surface area contributed by atoms with Crippen molar-refractivity contribution < 1.29 is 9.90 Å². The van der Waals surface area contributed by atoms with Gasteiger partial charge in [0.25, 0.3) is 5.91 Å². The maximum atomic E-state index is 11.9. The molecule has 0 aliphatic heterocycles. The van der Waals surface area contributed by atoms with Gasteiger partial charge in [0, 0.05) is 25.2 Å². The maximum absolute atomic E-state index is 11.9. The number of hydrogen-bond acceptors (Lipinski definition) is 3. The summed E-state index contributed by atoms with van der Waals surface area (Å²) < 4.78 is 0. The Morgan fingerprint density at radius 2 is 1.67 bits per heavy atom. The summed E-state index contributed by atoms with van der Waals surface area (Å²) in [5, 5.41) is 15.3. The third kappa shape index (κ3) is 4.93. The van der Waals surface area contributed by atoms with Gasteiger partial charge in [-0.2, -0.15) is 0 Å². The molecule has 0 spiro atoms. The number of rotatable bonds is 6. The van der Waals surface area contributed by atoms with Gasteiger partial charge in [-0.1, -0.05) is 29.8 Å². The molecule has 0 atom stereocenters. The molecule has 4 nitrogen and oxygen atoms in total. The second-order valence-corrected chi connectivity index (χ2v) is 4.97. The summed E-state index contributed by atoms with van der Waals surface area (Å²) in [6.45, 7) is 3.97. The fourth-order valence-corrected chi connectivity index (χ4v) is 1.92. The van der Waals surface area contributed by atoms with Gasteiger partial charge in [-0.25, -0.2) is 0 Å². The average molecular weight is 284 g/mol. The van der Waals surface area contributed by atoms with Crippen molar-refractivity contribution in [2.75, 3.05) is 13.1 Å². The Balaban J connectivity index is 1.66. The van der Waals surface area contributed by atoms with E-state index in [1.165, 1.54) is 0 Å². The van der Waals surface area contributed by atoms with Crippen molar-refractivity contribution >= 4 is 5.91 Å². The molecule has 0 fully saturated rings. The smallest absolute Gasteiger partial charge is 0.251 e. The minimum Gasteiger partial charge on any atom is -0.508 e. The minimum atomic E-state index is -0.0542. The molecule has 0 unspecified atom stereocenters. The number of amides is 1. The standard InChI is InChI=1S/C17H20N2O2/c1-13-2-6-15(7-3-13)17(21)19-11-10-18-12-14-4-8-16(20)9-5-14/h2-9,18,20H,10-12H2,1H3,(H,19,21). The van der Waals surface area contributed by atoms with E-state index in [9.17, 15) is 9.90 Å². The lowest BCUT2D eigenvalue weighted by Crippen LogP contribution is -2.31. The van der Waals surface area contributed by atoms with Gasteiger partial charge in [-0.15, -0.1) is 0 Å². The van der Waals surface area contributed by atoms with E-state index in [-0.39, 0.29) is 11.7 Å². The van der Waals surface area contributed by atoms with Crippen LogP contribution in [0, 0.1) is 6.92 Å². The summed E-state index contributed by atoms with van der Waals surface area (Å²) in [6, 6.07) is 14.6. The first kappa shape index (κ1) is 15.1. The van der Waals surface area contributed by atoms with Crippen LogP contribution in [0.4, 0.5) is 0 Å². The molecule has 2 aromatic rings. The number of phenolic OH excluding ortho intramolecular Hbond substituents is 1. The summed E-state index contributed by atoms with van der Waals surface area (Å²) in [5.74, 6) is 0.213. The molecule has 0 aliphatic carbocycles. The van der Waals surface area contributed by atoms with Gasteiger partial charge < -0.3 is 15.7 Å². The van der Waals surface area contributed by atoms with Gasteiger partial charge in [0.05, 0.1) is 0 Å². The Kier molecular flexibility index (Phi) is 5.35. The number of nitrogens with one attached hydrogen (secondary N) is 2. The fourth-order valence-electron chi connectivity index (χ4n) is 1.92. The molecule has 4 heteroatoms. The highest BCUT2D eigenvalue weighted by atomic mass is 16.3. The number of carbonyl (C=O) groups is 1. The van der Waals surface area contributed by atoms with Crippen LogP contribution in [-0.2, 0) is 6.54 Å². The van der Waals surface area contributed by atoms with Crippen LogP contribution in [-0.4, -0.2) is 24.1 Å². The number of phenols is 1.